The second-order valence-corrected chi connectivity index (χ2v) is 18.2. The predicted octanol–water partition coefficient (Wildman–Crippen LogP) is 6.76. The van der Waals surface area contributed by atoms with E-state index >= 15 is 0 Å². The zero-order chi connectivity index (χ0) is 27.9. The number of aromatic nitrogens is 3. The van der Waals surface area contributed by atoms with Crippen molar-refractivity contribution in [1.29, 1.82) is 0 Å². The number of hydrogen-bond donors (Lipinski definition) is 1. The van der Waals surface area contributed by atoms with Crippen LogP contribution in [0, 0.1) is 0 Å². The molecule has 0 amide bonds. The molecule has 2 N–H and O–H groups in total. The molecule has 1 aromatic carbocycles. The summed E-state index contributed by atoms with van der Waals surface area (Å²) in [4.78, 5) is 2.44. The minimum Gasteiger partial charge on any atom is -0.484 e. The van der Waals surface area contributed by atoms with Crippen molar-refractivity contribution in [2.45, 2.75) is 102 Å². The Hall–Kier alpha value is -2.26. The first-order valence-corrected chi connectivity index (χ1v) is 17.0. The van der Waals surface area contributed by atoms with Crippen LogP contribution < -0.4 is 10.5 Å². The summed E-state index contributed by atoms with van der Waals surface area (Å²) in [5.41, 5.74) is 10.9. The van der Waals surface area contributed by atoms with E-state index in [1.165, 1.54) is 11.1 Å². The van der Waals surface area contributed by atoms with Gasteiger partial charge in [0.25, 0.3) is 0 Å². The standard InChI is InChI=1S/C31H47N5O2Si/c1-21(2)39(22(3)4,23(5)6)37-20-31(17-10-18-35(31)7)30-34-33-29-16-13-24(19-36(29)30)38-28-15-14-27(32)25-11-8-9-12-26(25)28/h8-9,11-13,16,19,21-23,27-28H,10,14-15,17-18,20,32H2,1-7H3/t27?,28-,31-/m1/s1. The van der Waals surface area contributed by atoms with Crippen LogP contribution in [0.15, 0.2) is 42.6 Å². The van der Waals surface area contributed by atoms with E-state index in [2.05, 4.69) is 93.5 Å². The zero-order valence-corrected chi connectivity index (χ0v) is 25.9. The normalized spacial score (nSPS) is 24.3. The minimum atomic E-state index is -2.05. The molecule has 1 aliphatic heterocycles. The monoisotopic (exact) mass is 549 g/mol. The molecule has 8 heteroatoms. The van der Waals surface area contributed by atoms with E-state index in [0.717, 1.165) is 49.4 Å². The van der Waals surface area contributed by atoms with Crippen LogP contribution >= 0.6 is 0 Å². The minimum absolute atomic E-state index is 0.0143. The fourth-order valence-corrected chi connectivity index (χ4v) is 13.1. The molecule has 0 saturated carbocycles. The van der Waals surface area contributed by atoms with Crippen LogP contribution in [0.2, 0.25) is 16.6 Å². The Morgan fingerprint density at radius 2 is 1.67 bits per heavy atom. The topological polar surface area (TPSA) is 77.9 Å². The van der Waals surface area contributed by atoms with Crippen LogP contribution in [-0.2, 0) is 9.96 Å². The highest BCUT2D eigenvalue weighted by Gasteiger charge is 2.50. The van der Waals surface area contributed by atoms with Gasteiger partial charge in [0.05, 0.1) is 12.8 Å². The van der Waals surface area contributed by atoms with Gasteiger partial charge in [0.1, 0.15) is 17.4 Å². The van der Waals surface area contributed by atoms with Crippen LogP contribution in [0.3, 0.4) is 0 Å². The summed E-state index contributed by atoms with van der Waals surface area (Å²) in [5, 5.41) is 9.40. The molecule has 0 bridgehead atoms. The maximum Gasteiger partial charge on any atom is 0.200 e. The van der Waals surface area contributed by atoms with Crippen molar-refractivity contribution < 1.29 is 9.16 Å². The molecule has 1 saturated heterocycles. The third-order valence-corrected chi connectivity index (χ3v) is 15.7. The first-order chi connectivity index (χ1) is 18.6. The molecule has 3 aromatic rings. The predicted molar refractivity (Wildman–Crippen MR) is 160 cm³/mol. The lowest BCUT2D eigenvalue weighted by molar-refractivity contribution is 0.0763. The number of likely N-dealkylation sites (N-methyl/N-ethyl adjacent to an activating group) is 1. The summed E-state index contributed by atoms with van der Waals surface area (Å²) in [6, 6.07) is 12.5. The average Bonchev–Trinajstić information content (AvgIpc) is 3.49. The van der Waals surface area contributed by atoms with Crippen molar-refractivity contribution in [1.82, 2.24) is 19.5 Å². The Morgan fingerprint density at radius 3 is 2.31 bits per heavy atom. The SMILES string of the molecule is CC(C)[Si](OC[C@@]1(c2nnc3ccc(O[C@@H]4CCC(N)c5ccccc54)cn23)CCCN1C)(C(C)C)C(C)C. The highest BCUT2D eigenvalue weighted by molar-refractivity contribution is 6.77. The molecule has 3 atom stereocenters. The van der Waals surface area contributed by atoms with Gasteiger partial charge < -0.3 is 14.9 Å². The molecule has 0 spiro atoms. The van der Waals surface area contributed by atoms with E-state index in [1.807, 2.05) is 12.1 Å². The van der Waals surface area contributed by atoms with Crippen molar-refractivity contribution in [3.63, 3.8) is 0 Å². The van der Waals surface area contributed by atoms with Crippen molar-refractivity contribution in [2.75, 3.05) is 20.2 Å². The highest BCUT2D eigenvalue weighted by atomic mass is 28.4. The number of nitrogens with zero attached hydrogens (tertiary/aromatic N) is 4. The van der Waals surface area contributed by atoms with Crippen LogP contribution in [-0.4, -0.2) is 48.0 Å². The van der Waals surface area contributed by atoms with Crippen LogP contribution in [0.4, 0.5) is 0 Å². The van der Waals surface area contributed by atoms with Gasteiger partial charge in [-0.2, -0.15) is 0 Å². The van der Waals surface area contributed by atoms with Crippen molar-refractivity contribution >= 4 is 14.0 Å². The van der Waals surface area contributed by atoms with Crippen LogP contribution in [0.5, 0.6) is 5.75 Å². The van der Waals surface area contributed by atoms with Gasteiger partial charge in [-0.25, -0.2) is 0 Å². The van der Waals surface area contributed by atoms with Gasteiger partial charge in [0.15, 0.2) is 19.8 Å². The number of fused-ring (bicyclic) bond motifs is 2. The molecule has 1 aliphatic carbocycles. The van der Waals surface area contributed by atoms with Gasteiger partial charge in [0, 0.05) is 6.04 Å². The number of hydrogen-bond acceptors (Lipinski definition) is 6. The van der Waals surface area contributed by atoms with Crippen molar-refractivity contribution in [3.8, 4) is 5.75 Å². The number of likely N-dealkylation sites (tertiary alicyclic amines) is 1. The number of rotatable bonds is 9. The van der Waals surface area contributed by atoms with E-state index in [-0.39, 0.29) is 17.7 Å². The van der Waals surface area contributed by atoms with Crippen LogP contribution in [0.25, 0.3) is 5.65 Å². The zero-order valence-electron chi connectivity index (χ0n) is 24.9. The molecule has 5 rings (SSSR count). The summed E-state index contributed by atoms with van der Waals surface area (Å²) in [7, 11) is 0.161. The highest BCUT2D eigenvalue weighted by Crippen LogP contribution is 2.46. The first kappa shape index (κ1) is 28.3. The van der Waals surface area contributed by atoms with E-state index in [1.54, 1.807) is 0 Å². The Kier molecular flexibility index (Phi) is 7.94. The Bertz CT molecular complexity index is 1270. The van der Waals surface area contributed by atoms with E-state index < -0.39 is 8.32 Å². The van der Waals surface area contributed by atoms with Gasteiger partial charge in [-0.15, -0.1) is 10.2 Å². The second kappa shape index (κ2) is 11.0. The Morgan fingerprint density at radius 1 is 0.974 bits per heavy atom. The lowest BCUT2D eigenvalue weighted by Gasteiger charge is -2.45. The molecule has 39 heavy (non-hydrogen) atoms. The van der Waals surface area contributed by atoms with E-state index in [0.29, 0.717) is 23.2 Å². The van der Waals surface area contributed by atoms with Gasteiger partial charge in [-0.3, -0.25) is 9.30 Å². The molecule has 1 unspecified atom stereocenters. The van der Waals surface area contributed by atoms with Crippen molar-refractivity contribution in [3.05, 3.63) is 59.5 Å². The first-order valence-electron chi connectivity index (χ1n) is 14.8. The van der Waals surface area contributed by atoms with Crippen molar-refractivity contribution in [2.24, 2.45) is 5.73 Å². The summed E-state index contributed by atoms with van der Waals surface area (Å²) < 4.78 is 16.0. The molecule has 1 fully saturated rings. The Labute approximate surface area is 235 Å². The molecular weight excluding hydrogens is 502 g/mol. The third-order valence-electron chi connectivity index (χ3n) is 9.63. The summed E-state index contributed by atoms with van der Waals surface area (Å²) in [5.74, 6) is 1.78. The quantitative estimate of drug-likeness (QED) is 0.297. The Balaban J connectivity index is 1.49. The maximum absolute atomic E-state index is 7.22. The summed E-state index contributed by atoms with van der Waals surface area (Å²) in [6.45, 7) is 15.8. The molecule has 3 heterocycles. The lowest BCUT2D eigenvalue weighted by atomic mass is 9.86. The molecule has 2 aromatic heterocycles. The molecular formula is C31H47N5O2Si. The molecule has 2 aliphatic rings. The molecule has 0 radical (unpaired) electrons. The van der Waals surface area contributed by atoms with Crippen LogP contribution in [0.1, 0.15) is 96.3 Å². The largest absolute Gasteiger partial charge is 0.484 e. The number of nitrogens with two attached hydrogens (primary N) is 1. The van der Waals surface area contributed by atoms with Gasteiger partial charge in [-0.05, 0) is 79.2 Å². The summed E-state index contributed by atoms with van der Waals surface area (Å²) in [6.07, 6.45) is 6.00. The van der Waals surface area contributed by atoms with Gasteiger partial charge >= 0.3 is 0 Å². The van der Waals surface area contributed by atoms with E-state index in [9.17, 15) is 0 Å². The smallest absolute Gasteiger partial charge is 0.200 e. The maximum atomic E-state index is 7.22. The summed E-state index contributed by atoms with van der Waals surface area (Å²) >= 11 is 0. The fraction of sp³-hybridized carbons (Fsp3) is 0.613. The third kappa shape index (κ3) is 4.83. The molecule has 7 nitrogen and oxygen atoms in total. The number of ether oxygens (including phenoxy) is 1. The second-order valence-electron chi connectivity index (χ2n) is 12.7. The van der Waals surface area contributed by atoms with Gasteiger partial charge in [-0.1, -0.05) is 65.8 Å². The number of benzene rings is 1. The average molecular weight is 550 g/mol. The lowest BCUT2D eigenvalue weighted by Crippen LogP contribution is -2.53. The molecule has 212 valence electrons. The van der Waals surface area contributed by atoms with Gasteiger partial charge in [0.2, 0.25) is 0 Å². The number of pyridine rings is 1. The fourth-order valence-electron chi connectivity index (χ4n) is 7.62. The van der Waals surface area contributed by atoms with E-state index in [4.69, 9.17) is 20.0 Å².